The molecule has 4 aromatic heterocycles. The average molecular weight is 324 g/mol. The Morgan fingerprint density at radius 1 is 1.12 bits per heavy atom. The number of fused-ring (bicyclic) bond motifs is 3. The lowest BCUT2D eigenvalue weighted by Gasteiger charge is -2.13. The minimum absolute atomic E-state index is 0.181. The summed E-state index contributed by atoms with van der Waals surface area (Å²) in [6.45, 7) is 5.77. The second-order valence-electron chi connectivity index (χ2n) is 5.45. The van der Waals surface area contributed by atoms with Crippen LogP contribution in [-0.4, -0.2) is 39.1 Å². The zero-order valence-corrected chi connectivity index (χ0v) is 13.6. The SMILES string of the molecule is CCc1nnc(CC)n1-n1ccc2c(c(C)nc3ncnn32)c1=O. The van der Waals surface area contributed by atoms with Gasteiger partial charge in [0.25, 0.3) is 11.3 Å². The van der Waals surface area contributed by atoms with Gasteiger partial charge in [0.15, 0.2) is 11.6 Å². The van der Waals surface area contributed by atoms with Gasteiger partial charge in [-0.3, -0.25) is 4.79 Å². The lowest BCUT2D eigenvalue weighted by molar-refractivity contribution is 0.571. The molecule has 0 aliphatic heterocycles. The highest BCUT2D eigenvalue weighted by Gasteiger charge is 2.16. The highest BCUT2D eigenvalue weighted by atomic mass is 16.1. The molecule has 4 rings (SSSR count). The van der Waals surface area contributed by atoms with Crippen LogP contribution in [0.25, 0.3) is 16.7 Å². The molecule has 0 atom stereocenters. The number of aryl methyl sites for hydroxylation is 3. The molecule has 9 nitrogen and oxygen atoms in total. The molecule has 9 heteroatoms. The van der Waals surface area contributed by atoms with Crippen LogP contribution in [0.15, 0.2) is 23.4 Å². The predicted molar refractivity (Wildman–Crippen MR) is 86.9 cm³/mol. The second kappa shape index (κ2) is 5.22. The third-order valence-electron chi connectivity index (χ3n) is 4.06. The van der Waals surface area contributed by atoms with Gasteiger partial charge >= 0.3 is 0 Å². The Kier molecular flexibility index (Phi) is 3.15. The molecule has 0 N–H and O–H groups in total. The predicted octanol–water partition coefficient (Wildman–Crippen LogP) is 0.775. The molecule has 122 valence electrons. The molecule has 4 aromatic rings. The summed E-state index contributed by atoms with van der Waals surface area (Å²) in [5, 5.41) is 13.0. The van der Waals surface area contributed by atoms with Gasteiger partial charge in [-0.2, -0.15) is 14.6 Å². The minimum atomic E-state index is -0.181. The summed E-state index contributed by atoms with van der Waals surface area (Å²) >= 11 is 0. The molecular formula is C15H16N8O. The first-order valence-corrected chi connectivity index (χ1v) is 7.81. The molecule has 4 heterocycles. The van der Waals surface area contributed by atoms with Crippen LogP contribution in [0.5, 0.6) is 0 Å². The summed E-state index contributed by atoms with van der Waals surface area (Å²) < 4.78 is 4.88. The van der Waals surface area contributed by atoms with E-state index in [1.165, 1.54) is 11.0 Å². The summed E-state index contributed by atoms with van der Waals surface area (Å²) in [4.78, 5) is 21.6. The molecule has 0 aromatic carbocycles. The lowest BCUT2D eigenvalue weighted by Crippen LogP contribution is -2.29. The van der Waals surface area contributed by atoms with Crippen molar-refractivity contribution in [2.24, 2.45) is 0 Å². The van der Waals surface area contributed by atoms with Crippen molar-refractivity contribution < 1.29 is 0 Å². The van der Waals surface area contributed by atoms with Crippen LogP contribution in [0.3, 0.4) is 0 Å². The molecule has 0 saturated heterocycles. The second-order valence-corrected chi connectivity index (χ2v) is 5.45. The molecule has 24 heavy (non-hydrogen) atoms. The van der Waals surface area contributed by atoms with E-state index in [0.717, 1.165) is 11.6 Å². The van der Waals surface area contributed by atoms with Crippen LogP contribution < -0.4 is 5.56 Å². The number of pyridine rings is 1. The Hall–Kier alpha value is -3.10. The van der Waals surface area contributed by atoms with Crippen molar-refractivity contribution in [1.29, 1.82) is 0 Å². The zero-order chi connectivity index (χ0) is 16.8. The zero-order valence-electron chi connectivity index (χ0n) is 13.6. The van der Waals surface area contributed by atoms with Crippen molar-refractivity contribution in [3.05, 3.63) is 46.3 Å². The molecule has 0 bridgehead atoms. The molecule has 0 saturated carbocycles. The van der Waals surface area contributed by atoms with Crippen LogP contribution in [0.2, 0.25) is 0 Å². The molecule has 0 amide bonds. The van der Waals surface area contributed by atoms with Crippen molar-refractivity contribution in [1.82, 2.24) is 39.1 Å². The molecular weight excluding hydrogens is 308 g/mol. The number of nitrogens with zero attached hydrogens (tertiary/aromatic N) is 8. The van der Waals surface area contributed by atoms with Gasteiger partial charge in [0, 0.05) is 19.0 Å². The summed E-state index contributed by atoms with van der Waals surface area (Å²) in [7, 11) is 0. The van der Waals surface area contributed by atoms with Crippen molar-refractivity contribution >= 4 is 16.7 Å². The van der Waals surface area contributed by atoms with Gasteiger partial charge in [0.1, 0.15) is 6.33 Å². The summed E-state index contributed by atoms with van der Waals surface area (Å²) in [6.07, 6.45) is 4.50. The number of hydrogen-bond donors (Lipinski definition) is 0. The first-order valence-electron chi connectivity index (χ1n) is 7.81. The number of rotatable bonds is 3. The van der Waals surface area contributed by atoms with Crippen LogP contribution >= 0.6 is 0 Å². The maximum Gasteiger partial charge on any atom is 0.281 e. The minimum Gasteiger partial charge on any atom is -0.267 e. The molecule has 0 unspecified atom stereocenters. The fourth-order valence-corrected chi connectivity index (χ4v) is 2.92. The molecule has 0 spiro atoms. The summed E-state index contributed by atoms with van der Waals surface area (Å²) in [5.41, 5.74) is 1.12. The Morgan fingerprint density at radius 2 is 1.83 bits per heavy atom. The van der Waals surface area contributed by atoms with E-state index in [-0.39, 0.29) is 5.56 Å². The van der Waals surface area contributed by atoms with E-state index in [0.29, 0.717) is 35.2 Å². The van der Waals surface area contributed by atoms with Gasteiger partial charge in [-0.25, -0.2) is 14.3 Å². The van der Waals surface area contributed by atoms with E-state index in [1.807, 2.05) is 19.9 Å². The quantitative estimate of drug-likeness (QED) is 0.552. The van der Waals surface area contributed by atoms with Crippen molar-refractivity contribution in [2.75, 3.05) is 0 Å². The normalized spacial score (nSPS) is 11.6. The van der Waals surface area contributed by atoms with Gasteiger partial charge in [-0.15, -0.1) is 10.2 Å². The lowest BCUT2D eigenvalue weighted by atomic mass is 10.2. The highest BCUT2D eigenvalue weighted by Crippen LogP contribution is 2.14. The Labute approximate surface area is 136 Å². The van der Waals surface area contributed by atoms with Gasteiger partial charge in [0.05, 0.1) is 16.6 Å². The fourth-order valence-electron chi connectivity index (χ4n) is 2.92. The Morgan fingerprint density at radius 3 is 2.50 bits per heavy atom. The largest absolute Gasteiger partial charge is 0.281 e. The van der Waals surface area contributed by atoms with Crippen molar-refractivity contribution in [3.8, 4) is 0 Å². The van der Waals surface area contributed by atoms with Gasteiger partial charge in [0.2, 0.25) is 0 Å². The third kappa shape index (κ3) is 1.87. The Bertz CT molecular complexity index is 1100. The van der Waals surface area contributed by atoms with E-state index in [9.17, 15) is 4.79 Å². The number of hydrogen-bond acceptors (Lipinski definition) is 6. The molecule has 0 aliphatic rings. The summed E-state index contributed by atoms with van der Waals surface area (Å²) in [5.74, 6) is 1.95. The number of aromatic nitrogens is 8. The van der Waals surface area contributed by atoms with E-state index >= 15 is 0 Å². The van der Waals surface area contributed by atoms with Gasteiger partial charge < -0.3 is 0 Å². The van der Waals surface area contributed by atoms with E-state index < -0.39 is 0 Å². The molecule has 0 radical (unpaired) electrons. The van der Waals surface area contributed by atoms with Crippen LogP contribution in [0, 0.1) is 6.92 Å². The van der Waals surface area contributed by atoms with E-state index in [2.05, 4.69) is 25.3 Å². The van der Waals surface area contributed by atoms with Crippen LogP contribution in [-0.2, 0) is 12.8 Å². The maximum atomic E-state index is 13.1. The van der Waals surface area contributed by atoms with Crippen LogP contribution in [0.4, 0.5) is 0 Å². The van der Waals surface area contributed by atoms with E-state index in [4.69, 9.17) is 0 Å². The average Bonchev–Trinajstić information content (AvgIpc) is 3.20. The first kappa shape index (κ1) is 14.5. The van der Waals surface area contributed by atoms with Crippen molar-refractivity contribution in [2.45, 2.75) is 33.6 Å². The standard InChI is InChI=1S/C15H16N8O/c1-4-11-19-20-12(5-2)23(11)21-7-6-10-13(14(21)24)9(3)18-15-16-8-17-22(10)15/h6-8H,4-5H2,1-3H3. The fraction of sp³-hybridized carbons (Fsp3) is 0.333. The first-order chi connectivity index (χ1) is 11.7. The van der Waals surface area contributed by atoms with Gasteiger partial charge in [-0.1, -0.05) is 13.8 Å². The third-order valence-corrected chi connectivity index (χ3v) is 4.06. The van der Waals surface area contributed by atoms with E-state index in [1.54, 1.807) is 22.3 Å². The summed E-state index contributed by atoms with van der Waals surface area (Å²) in [6, 6.07) is 1.84. The van der Waals surface area contributed by atoms with Crippen LogP contribution in [0.1, 0.15) is 31.2 Å². The molecule has 0 aliphatic carbocycles. The topological polar surface area (TPSA) is 95.8 Å². The van der Waals surface area contributed by atoms with Gasteiger partial charge in [-0.05, 0) is 13.0 Å². The smallest absolute Gasteiger partial charge is 0.267 e. The monoisotopic (exact) mass is 324 g/mol. The Balaban J connectivity index is 2.11. The highest BCUT2D eigenvalue weighted by molar-refractivity contribution is 5.81. The molecule has 0 fully saturated rings. The maximum absolute atomic E-state index is 13.1. The van der Waals surface area contributed by atoms with Crippen molar-refractivity contribution in [3.63, 3.8) is 0 Å².